The van der Waals surface area contributed by atoms with Gasteiger partial charge in [-0.3, -0.25) is 14.4 Å². The van der Waals surface area contributed by atoms with Crippen LogP contribution in [0.15, 0.2) is 35.3 Å². The van der Waals surface area contributed by atoms with Crippen molar-refractivity contribution in [1.29, 1.82) is 0 Å². The molecular weight excluding hydrogens is 835 g/mol. The van der Waals surface area contributed by atoms with E-state index >= 15 is 0 Å². The zero-order chi connectivity index (χ0) is 38.6. The largest absolute Gasteiger partial charge is 1.00 e. The number of carboxylic acids is 1. The van der Waals surface area contributed by atoms with Gasteiger partial charge in [0.1, 0.15) is 17.7 Å². The molecule has 0 bridgehead atoms. The summed E-state index contributed by atoms with van der Waals surface area (Å²) in [5.41, 5.74) is 2.97. The smallest absolute Gasteiger partial charge is 0.481 e. The van der Waals surface area contributed by atoms with E-state index in [1.54, 1.807) is 32.9 Å². The molecule has 1 aliphatic rings. The molecule has 53 heavy (non-hydrogen) atoms. The molecule has 2 aromatic carbocycles. The van der Waals surface area contributed by atoms with Gasteiger partial charge in [0.2, 0.25) is 5.91 Å². The third-order valence-corrected chi connectivity index (χ3v) is 8.61. The van der Waals surface area contributed by atoms with Gasteiger partial charge in [-0.15, -0.1) is 0 Å². The molecule has 2 heterocycles. The average Bonchev–Trinajstić information content (AvgIpc) is 2.95. The Labute approximate surface area is 362 Å². The number of nitrogens with zero attached hydrogens (tertiary/aromatic N) is 2. The molecule has 1 aliphatic heterocycles. The number of primary amides is 1. The van der Waals surface area contributed by atoms with Crippen LogP contribution in [-0.4, -0.2) is 46.1 Å². The number of carboxylic acid groups (broad SMARTS) is 1. The number of likely N-dealkylation sites (tertiary alicyclic amines) is 1. The summed E-state index contributed by atoms with van der Waals surface area (Å²) >= 11 is 0. The maximum atomic E-state index is 14.9. The van der Waals surface area contributed by atoms with E-state index in [9.17, 15) is 49.5 Å². The van der Waals surface area contributed by atoms with Crippen LogP contribution in [0.1, 0.15) is 78.1 Å². The molecule has 1 saturated heterocycles. The van der Waals surface area contributed by atoms with Crippen LogP contribution in [0.2, 0.25) is 0 Å². The van der Waals surface area contributed by atoms with Gasteiger partial charge in [-0.05, 0) is 93.8 Å². The van der Waals surface area contributed by atoms with Gasteiger partial charge in [0.05, 0.1) is 11.1 Å². The molecule has 1 unspecified atom stereocenters. The molecule has 1 atom stereocenters. The number of halogens is 8. The topological polar surface area (TPSA) is 106 Å². The summed E-state index contributed by atoms with van der Waals surface area (Å²) in [6, 6.07) is 3.48. The van der Waals surface area contributed by atoms with Crippen LogP contribution in [-0.2, 0) is 34.8 Å². The first-order valence-corrected chi connectivity index (χ1v) is 16.2. The second kappa shape index (κ2) is 20.1. The molecule has 3 N–H and O–H groups in total. The van der Waals surface area contributed by atoms with Crippen molar-refractivity contribution in [3.05, 3.63) is 98.8 Å². The quantitative estimate of drug-likeness (QED) is 0.203. The summed E-state index contributed by atoms with van der Waals surface area (Å²) in [6.45, 7) is 11.0. The predicted octanol–water partition coefficient (Wildman–Crippen LogP) is 5.24. The first-order chi connectivity index (χ1) is 23.5. The Morgan fingerprint density at radius 2 is 1.43 bits per heavy atom. The number of nitrogens with two attached hydrogens (primary N) is 1. The number of aliphatic carboxylic acids is 1. The molecule has 1 fully saturated rings. The van der Waals surface area contributed by atoms with Gasteiger partial charge in [0.25, 0.3) is 5.56 Å². The molecule has 1 aromatic heterocycles. The summed E-state index contributed by atoms with van der Waals surface area (Å²) in [7, 11) is 0. The van der Waals surface area contributed by atoms with Crippen molar-refractivity contribution >= 4 is 11.9 Å². The number of amides is 1. The van der Waals surface area contributed by atoms with Crippen LogP contribution in [0.25, 0.3) is 11.1 Å². The molecule has 3 aromatic rings. The molecule has 7 nitrogen and oxygen atoms in total. The Morgan fingerprint density at radius 3 is 1.87 bits per heavy atom. The first-order valence-electron chi connectivity index (χ1n) is 16.2. The van der Waals surface area contributed by atoms with Crippen molar-refractivity contribution in [3.63, 3.8) is 0 Å². The van der Waals surface area contributed by atoms with Crippen LogP contribution in [0.5, 0.6) is 0 Å². The Balaban J connectivity index is 0.000000511. The van der Waals surface area contributed by atoms with Crippen molar-refractivity contribution in [3.8, 4) is 11.1 Å². The standard InChI is InChI=1S/C19H17F5O2.C17H24F3N3O2.CH3.Cs/c1-9-6-10(2)16(11(3)7-9)13-8-14(19(22,23)24)18(21)12(17(13)20)4-5-15(25)26;1-11(2)8-14(16(21)25)23-10-12(4-7-22-5-3-6-22)13(9-15(23)24)17(18,19)20;;/h6-8H,4-5H2,1-3H3,(H,25,26);9-11,14H,3-8H2,1-2H3,(H2,21,25);1H3;/q;;-1;+1. The number of hydrogen-bond acceptors (Lipinski definition) is 4. The van der Waals surface area contributed by atoms with E-state index in [2.05, 4.69) is 4.90 Å². The number of alkyl halides is 6. The first kappa shape index (κ1) is 48.8. The number of aromatic nitrogens is 1. The molecule has 16 heteroatoms. The van der Waals surface area contributed by atoms with Crippen LogP contribution in [0, 0.1) is 45.8 Å². The monoisotopic (exact) mass is 879 g/mol. The van der Waals surface area contributed by atoms with E-state index in [1.807, 2.05) is 13.8 Å². The zero-order valence-corrected chi connectivity index (χ0v) is 37.1. The number of hydrogen-bond donors (Lipinski definition) is 2. The van der Waals surface area contributed by atoms with E-state index < -0.39 is 77.0 Å². The van der Waals surface area contributed by atoms with E-state index in [-0.39, 0.29) is 105 Å². The summed E-state index contributed by atoms with van der Waals surface area (Å²) in [6.07, 6.45) is -8.31. The van der Waals surface area contributed by atoms with E-state index in [1.165, 1.54) is 6.20 Å². The molecular formula is C37H44CsF8N3O4. The number of carbonyl (C=O) groups excluding carboxylic acids is 1. The molecule has 0 spiro atoms. The minimum absolute atomic E-state index is 0. The summed E-state index contributed by atoms with van der Waals surface area (Å²) < 4.78 is 110. The van der Waals surface area contributed by atoms with Crippen molar-refractivity contribution in [1.82, 2.24) is 9.47 Å². The minimum Gasteiger partial charge on any atom is -0.481 e. The number of pyridine rings is 1. The van der Waals surface area contributed by atoms with Crippen molar-refractivity contribution < 1.29 is 119 Å². The van der Waals surface area contributed by atoms with Gasteiger partial charge >= 0.3 is 87.2 Å². The van der Waals surface area contributed by atoms with Crippen molar-refractivity contribution in [2.45, 2.75) is 85.1 Å². The second-order valence-corrected chi connectivity index (χ2v) is 13.2. The van der Waals surface area contributed by atoms with Crippen molar-refractivity contribution in [2.75, 3.05) is 19.6 Å². The number of rotatable bonds is 11. The third-order valence-electron chi connectivity index (χ3n) is 8.61. The molecule has 288 valence electrons. The van der Waals surface area contributed by atoms with Crippen LogP contribution >= 0.6 is 0 Å². The number of carbonyl (C=O) groups is 2. The number of benzene rings is 2. The Hall–Kier alpha value is -2.22. The Morgan fingerprint density at radius 1 is 0.887 bits per heavy atom. The summed E-state index contributed by atoms with van der Waals surface area (Å²) in [4.78, 5) is 36.7. The average molecular weight is 880 g/mol. The fourth-order valence-electron chi connectivity index (χ4n) is 6.13. The minimum atomic E-state index is -5.03. The predicted molar refractivity (Wildman–Crippen MR) is 182 cm³/mol. The normalized spacial score (nSPS) is 13.6. The molecule has 4 rings (SSSR count). The van der Waals surface area contributed by atoms with Gasteiger partial charge in [-0.2, -0.15) is 26.3 Å². The van der Waals surface area contributed by atoms with Crippen LogP contribution in [0.4, 0.5) is 35.1 Å². The van der Waals surface area contributed by atoms with Crippen LogP contribution in [0.3, 0.4) is 0 Å². The van der Waals surface area contributed by atoms with E-state index in [0.717, 1.165) is 29.6 Å². The molecule has 0 radical (unpaired) electrons. The zero-order valence-electron chi connectivity index (χ0n) is 30.9. The third kappa shape index (κ3) is 12.9. The molecule has 0 saturated carbocycles. The summed E-state index contributed by atoms with van der Waals surface area (Å²) in [5, 5.41) is 8.72. The summed E-state index contributed by atoms with van der Waals surface area (Å²) in [5.74, 6) is -4.93. The maximum Gasteiger partial charge on any atom is 1.00 e. The number of aryl methyl sites for hydroxylation is 3. The van der Waals surface area contributed by atoms with Crippen molar-refractivity contribution in [2.24, 2.45) is 11.7 Å². The van der Waals surface area contributed by atoms with Gasteiger partial charge in [0, 0.05) is 36.4 Å². The van der Waals surface area contributed by atoms with Gasteiger partial charge < -0.3 is 27.7 Å². The second-order valence-electron chi connectivity index (χ2n) is 13.2. The van der Waals surface area contributed by atoms with E-state index in [0.29, 0.717) is 36.2 Å². The van der Waals surface area contributed by atoms with Crippen LogP contribution < -0.4 is 80.2 Å². The molecule has 0 aliphatic carbocycles. The van der Waals surface area contributed by atoms with Gasteiger partial charge in [0.15, 0.2) is 0 Å². The molecule has 1 amide bonds. The SMILES string of the molecule is CC(C)CC(C(N)=O)n1cc(CCN2CCC2)c(C(F)(F)F)cc1=O.Cc1cc(C)c(-c2cc(C(F)(F)F)c(F)c(CCC(=O)O)c2F)c(C)c1.[CH3-].[Cs+]. The Kier molecular flexibility index (Phi) is 18.5. The fraction of sp³-hybridized carbons (Fsp3) is 0.459. The Bertz CT molecular complexity index is 1800. The maximum absolute atomic E-state index is 14.9. The van der Waals surface area contributed by atoms with Gasteiger partial charge in [-0.25, -0.2) is 8.78 Å². The van der Waals surface area contributed by atoms with Gasteiger partial charge in [-0.1, -0.05) is 31.5 Å². The van der Waals surface area contributed by atoms with E-state index in [4.69, 9.17) is 10.8 Å². The fourth-order valence-corrected chi connectivity index (χ4v) is 6.13.